The lowest BCUT2D eigenvalue weighted by molar-refractivity contribution is 0.0928. The Bertz CT molecular complexity index is 867. The fraction of sp³-hybridized carbons (Fsp3) is 0.200. The molecule has 21 heavy (non-hydrogen) atoms. The number of rotatable bonds is 1. The maximum Gasteiger partial charge on any atom is 0.268 e. The highest BCUT2D eigenvalue weighted by Gasteiger charge is 2.26. The number of hydrogen-bond donors (Lipinski definition) is 1. The third kappa shape index (κ3) is 1.72. The Hall–Kier alpha value is -2.21. The number of nitrogens with one attached hydrogen (secondary N) is 1. The molecule has 3 heterocycles. The van der Waals surface area contributed by atoms with Gasteiger partial charge in [0.15, 0.2) is 0 Å². The van der Waals surface area contributed by atoms with Crippen molar-refractivity contribution in [1.29, 1.82) is 0 Å². The van der Waals surface area contributed by atoms with Gasteiger partial charge in [-0.1, -0.05) is 0 Å². The standard InChI is InChI=1S/C15H12FN3OS/c1-8-10-6-9(16)7-11(15-18-3-5-21-15)13(10)19-4-2-17-14(20)12(8)19/h3,5-7H,2,4H2,1H3,(H,17,20). The minimum atomic E-state index is -0.306. The summed E-state index contributed by atoms with van der Waals surface area (Å²) >= 11 is 1.47. The first-order valence-corrected chi connectivity index (χ1v) is 7.55. The van der Waals surface area contributed by atoms with Crippen LogP contribution in [-0.4, -0.2) is 22.0 Å². The summed E-state index contributed by atoms with van der Waals surface area (Å²) in [5, 5.41) is 6.26. The molecule has 0 saturated heterocycles. The molecule has 1 N–H and O–H groups in total. The monoisotopic (exact) mass is 301 g/mol. The zero-order valence-electron chi connectivity index (χ0n) is 11.3. The first-order valence-electron chi connectivity index (χ1n) is 6.67. The number of thiazole rings is 1. The Morgan fingerprint density at radius 1 is 1.43 bits per heavy atom. The topological polar surface area (TPSA) is 46.9 Å². The van der Waals surface area contributed by atoms with E-state index in [0.29, 0.717) is 18.8 Å². The van der Waals surface area contributed by atoms with Crippen LogP contribution in [-0.2, 0) is 6.54 Å². The molecule has 0 aliphatic carbocycles. The van der Waals surface area contributed by atoms with E-state index in [4.69, 9.17) is 0 Å². The molecule has 1 aromatic carbocycles. The van der Waals surface area contributed by atoms with E-state index in [9.17, 15) is 9.18 Å². The fourth-order valence-corrected chi connectivity index (χ4v) is 3.67. The fourth-order valence-electron chi connectivity index (χ4n) is 3.02. The van der Waals surface area contributed by atoms with Gasteiger partial charge in [0.1, 0.15) is 16.5 Å². The Morgan fingerprint density at radius 2 is 2.29 bits per heavy atom. The number of fused-ring (bicyclic) bond motifs is 3. The van der Waals surface area contributed by atoms with Crippen molar-refractivity contribution >= 4 is 28.1 Å². The molecule has 4 rings (SSSR count). The van der Waals surface area contributed by atoms with E-state index < -0.39 is 0 Å². The highest BCUT2D eigenvalue weighted by molar-refractivity contribution is 7.13. The van der Waals surface area contributed by atoms with Crippen LogP contribution in [0.3, 0.4) is 0 Å². The molecule has 1 amide bonds. The van der Waals surface area contributed by atoms with E-state index in [2.05, 4.69) is 10.3 Å². The SMILES string of the molecule is Cc1c2n(c3c(-c4nccs4)cc(F)cc13)CCNC2=O. The van der Waals surface area contributed by atoms with E-state index >= 15 is 0 Å². The molecular formula is C15H12FN3OS. The van der Waals surface area contributed by atoms with Gasteiger partial charge in [-0.05, 0) is 24.6 Å². The van der Waals surface area contributed by atoms with Gasteiger partial charge in [-0.25, -0.2) is 9.37 Å². The molecule has 3 aromatic rings. The van der Waals surface area contributed by atoms with Crippen molar-refractivity contribution in [3.8, 4) is 10.6 Å². The van der Waals surface area contributed by atoms with Crippen molar-refractivity contribution < 1.29 is 9.18 Å². The number of carbonyl (C=O) groups is 1. The second-order valence-corrected chi connectivity index (χ2v) is 5.96. The molecule has 0 bridgehead atoms. The molecule has 2 aromatic heterocycles. The van der Waals surface area contributed by atoms with E-state index in [1.807, 2.05) is 16.9 Å². The van der Waals surface area contributed by atoms with E-state index in [0.717, 1.165) is 27.0 Å². The van der Waals surface area contributed by atoms with Crippen LogP contribution in [0.5, 0.6) is 0 Å². The highest BCUT2D eigenvalue weighted by atomic mass is 32.1. The van der Waals surface area contributed by atoms with Crippen LogP contribution in [0.15, 0.2) is 23.7 Å². The summed E-state index contributed by atoms with van der Waals surface area (Å²) in [6.07, 6.45) is 1.70. The average molecular weight is 301 g/mol. The van der Waals surface area contributed by atoms with Gasteiger partial charge in [0.05, 0.1) is 5.52 Å². The quantitative estimate of drug-likeness (QED) is 0.751. The second kappa shape index (κ2) is 4.39. The maximum absolute atomic E-state index is 14.0. The van der Waals surface area contributed by atoms with Crippen molar-refractivity contribution in [3.05, 3.63) is 40.8 Å². The minimum Gasteiger partial charge on any atom is -0.349 e. The molecule has 106 valence electrons. The molecule has 0 spiro atoms. The van der Waals surface area contributed by atoms with Crippen molar-refractivity contribution in [3.63, 3.8) is 0 Å². The van der Waals surface area contributed by atoms with Crippen LogP contribution in [0, 0.1) is 12.7 Å². The summed E-state index contributed by atoms with van der Waals surface area (Å²) in [6, 6.07) is 3.00. The lowest BCUT2D eigenvalue weighted by Crippen LogP contribution is -2.35. The highest BCUT2D eigenvalue weighted by Crippen LogP contribution is 2.36. The van der Waals surface area contributed by atoms with Crippen molar-refractivity contribution in [1.82, 2.24) is 14.9 Å². The number of aromatic nitrogens is 2. The predicted octanol–water partition coefficient (Wildman–Crippen LogP) is 2.96. The smallest absolute Gasteiger partial charge is 0.268 e. The molecule has 4 nitrogen and oxygen atoms in total. The van der Waals surface area contributed by atoms with Gasteiger partial charge in [0.25, 0.3) is 5.91 Å². The minimum absolute atomic E-state index is 0.0968. The van der Waals surface area contributed by atoms with E-state index in [-0.39, 0.29) is 11.7 Å². The van der Waals surface area contributed by atoms with Gasteiger partial charge in [0.2, 0.25) is 0 Å². The normalized spacial score (nSPS) is 14.3. The molecule has 1 aliphatic rings. The number of nitrogens with zero attached hydrogens (tertiary/aromatic N) is 2. The Kier molecular flexibility index (Phi) is 2.62. The number of benzene rings is 1. The predicted molar refractivity (Wildman–Crippen MR) is 80.1 cm³/mol. The third-order valence-corrected chi connectivity index (χ3v) is 4.68. The number of carbonyl (C=O) groups excluding carboxylic acids is 1. The first-order chi connectivity index (χ1) is 10.2. The zero-order chi connectivity index (χ0) is 14.6. The summed E-state index contributed by atoms with van der Waals surface area (Å²) in [4.78, 5) is 16.4. The summed E-state index contributed by atoms with van der Waals surface area (Å²) in [6.45, 7) is 3.14. The van der Waals surface area contributed by atoms with Crippen LogP contribution >= 0.6 is 11.3 Å². The van der Waals surface area contributed by atoms with Gasteiger partial charge in [0, 0.05) is 35.6 Å². The summed E-state index contributed by atoms with van der Waals surface area (Å²) in [7, 11) is 0. The van der Waals surface area contributed by atoms with Crippen molar-refractivity contribution in [2.45, 2.75) is 13.5 Å². The van der Waals surface area contributed by atoms with Gasteiger partial charge >= 0.3 is 0 Å². The zero-order valence-corrected chi connectivity index (χ0v) is 12.1. The number of aryl methyl sites for hydroxylation is 1. The van der Waals surface area contributed by atoms with Crippen LogP contribution in [0.2, 0.25) is 0 Å². The summed E-state index contributed by atoms with van der Waals surface area (Å²) < 4.78 is 16.0. The maximum atomic E-state index is 14.0. The molecule has 0 unspecified atom stereocenters. The van der Waals surface area contributed by atoms with Gasteiger partial charge in [-0.3, -0.25) is 4.79 Å². The second-order valence-electron chi connectivity index (χ2n) is 5.07. The number of halogens is 1. The molecular weight excluding hydrogens is 289 g/mol. The van der Waals surface area contributed by atoms with Gasteiger partial charge in [-0.15, -0.1) is 11.3 Å². The largest absolute Gasteiger partial charge is 0.349 e. The lowest BCUT2D eigenvalue weighted by atomic mass is 10.1. The van der Waals surface area contributed by atoms with Crippen LogP contribution in [0.4, 0.5) is 4.39 Å². The van der Waals surface area contributed by atoms with Crippen LogP contribution in [0.1, 0.15) is 16.1 Å². The number of amides is 1. The van der Waals surface area contributed by atoms with Gasteiger partial charge in [-0.2, -0.15) is 0 Å². The molecule has 0 fully saturated rings. The Morgan fingerprint density at radius 3 is 3.05 bits per heavy atom. The third-order valence-electron chi connectivity index (χ3n) is 3.87. The van der Waals surface area contributed by atoms with Crippen molar-refractivity contribution in [2.75, 3.05) is 6.54 Å². The Labute approximate surface area is 124 Å². The lowest BCUT2D eigenvalue weighted by Gasteiger charge is -2.18. The van der Waals surface area contributed by atoms with Crippen molar-refractivity contribution in [2.24, 2.45) is 0 Å². The van der Waals surface area contributed by atoms with Crippen LogP contribution < -0.4 is 5.32 Å². The van der Waals surface area contributed by atoms with Crippen LogP contribution in [0.25, 0.3) is 21.5 Å². The molecule has 0 atom stereocenters. The summed E-state index contributed by atoms with van der Waals surface area (Å²) in [5.74, 6) is -0.403. The van der Waals surface area contributed by atoms with E-state index in [1.54, 1.807) is 6.20 Å². The first kappa shape index (κ1) is 12.5. The van der Waals surface area contributed by atoms with Gasteiger partial charge < -0.3 is 9.88 Å². The summed E-state index contributed by atoms with van der Waals surface area (Å²) in [5.41, 5.74) is 3.09. The molecule has 0 saturated carbocycles. The molecule has 0 radical (unpaired) electrons. The average Bonchev–Trinajstić information content (AvgIpc) is 3.07. The molecule has 6 heteroatoms. The van der Waals surface area contributed by atoms with E-state index in [1.165, 1.54) is 23.5 Å². The number of hydrogen-bond acceptors (Lipinski definition) is 3. The molecule has 1 aliphatic heterocycles. The Balaban J connectivity index is 2.16.